The van der Waals surface area contributed by atoms with Crippen molar-refractivity contribution in [3.63, 3.8) is 0 Å². The molecule has 0 saturated carbocycles. The number of nitrogen functional groups attached to an aromatic ring is 4. The van der Waals surface area contributed by atoms with Crippen molar-refractivity contribution in [1.82, 2.24) is 0 Å². The topological polar surface area (TPSA) is 194 Å². The first-order valence-electron chi connectivity index (χ1n) is 10.6. The van der Waals surface area contributed by atoms with Gasteiger partial charge in [-0.25, -0.2) is 0 Å². The molecule has 4 rings (SSSR count). The minimum absolute atomic E-state index is 0.0770. The smallest absolute Gasteiger partial charge is 0.138 e. The van der Waals surface area contributed by atoms with Crippen LogP contribution in [0.5, 0.6) is 23.0 Å². The van der Waals surface area contributed by atoms with Gasteiger partial charge in [0.1, 0.15) is 35.2 Å². The van der Waals surface area contributed by atoms with E-state index in [1.807, 2.05) is 0 Å². The number of phenols is 4. The van der Waals surface area contributed by atoms with Crippen LogP contribution in [0.25, 0.3) is 0 Å². The van der Waals surface area contributed by atoms with Gasteiger partial charge in [-0.2, -0.15) is 0 Å². The van der Waals surface area contributed by atoms with Crippen LogP contribution in [0.15, 0.2) is 72.8 Å². The highest BCUT2D eigenvalue weighted by atomic mass is 16.5. The van der Waals surface area contributed by atoms with Crippen molar-refractivity contribution in [3.05, 3.63) is 95.1 Å². The molecular formula is C26H26N4O5. The second-order valence-electron chi connectivity index (χ2n) is 8.17. The molecule has 0 fully saturated rings. The van der Waals surface area contributed by atoms with Crippen LogP contribution in [-0.4, -0.2) is 20.4 Å². The fourth-order valence-electron chi connectivity index (χ4n) is 3.78. The molecule has 180 valence electrons. The quantitative estimate of drug-likeness (QED) is 0.152. The summed E-state index contributed by atoms with van der Waals surface area (Å²) in [5, 5.41) is 39.7. The normalized spacial score (nSPS) is 11.3. The first-order valence-corrected chi connectivity index (χ1v) is 10.6. The average Bonchev–Trinajstić information content (AvgIpc) is 2.82. The van der Waals surface area contributed by atoms with Crippen LogP contribution in [0, 0.1) is 0 Å². The third-order valence-corrected chi connectivity index (χ3v) is 5.69. The number of hydrogen-bond donors (Lipinski definition) is 8. The predicted molar refractivity (Wildman–Crippen MR) is 135 cm³/mol. The number of hydrogen-bond acceptors (Lipinski definition) is 9. The van der Waals surface area contributed by atoms with Crippen molar-refractivity contribution in [2.24, 2.45) is 0 Å². The van der Waals surface area contributed by atoms with Gasteiger partial charge < -0.3 is 48.1 Å². The molecule has 0 aliphatic rings. The molecule has 0 radical (unpaired) electrons. The summed E-state index contributed by atoms with van der Waals surface area (Å²) in [4.78, 5) is 0. The zero-order valence-electron chi connectivity index (χ0n) is 18.6. The number of aromatic hydroxyl groups is 4. The molecule has 35 heavy (non-hydrogen) atoms. The molecule has 0 aromatic heterocycles. The van der Waals surface area contributed by atoms with Crippen molar-refractivity contribution in [3.8, 4) is 23.0 Å². The molecule has 0 atom stereocenters. The van der Waals surface area contributed by atoms with E-state index in [0.717, 1.165) is 0 Å². The largest absolute Gasteiger partial charge is 0.506 e. The van der Waals surface area contributed by atoms with Crippen LogP contribution in [0.1, 0.15) is 34.5 Å². The maximum atomic E-state index is 9.93. The minimum atomic E-state index is -0.768. The van der Waals surface area contributed by atoms with Gasteiger partial charge in [0.25, 0.3) is 0 Å². The summed E-state index contributed by atoms with van der Waals surface area (Å²) in [7, 11) is 0. The van der Waals surface area contributed by atoms with E-state index in [-0.39, 0.29) is 45.7 Å². The van der Waals surface area contributed by atoms with E-state index in [2.05, 4.69) is 0 Å². The van der Waals surface area contributed by atoms with Crippen molar-refractivity contribution < 1.29 is 25.2 Å². The van der Waals surface area contributed by atoms with Crippen LogP contribution >= 0.6 is 0 Å². The molecule has 0 amide bonds. The van der Waals surface area contributed by atoms with E-state index in [4.69, 9.17) is 27.7 Å². The van der Waals surface area contributed by atoms with Gasteiger partial charge in [-0.1, -0.05) is 24.3 Å². The number of benzene rings is 4. The molecule has 0 bridgehead atoms. The summed E-state index contributed by atoms with van der Waals surface area (Å²) in [5.74, 6) is -0.308. The zero-order valence-corrected chi connectivity index (χ0v) is 18.6. The van der Waals surface area contributed by atoms with Crippen molar-refractivity contribution in [2.45, 2.75) is 12.2 Å². The summed E-state index contributed by atoms with van der Waals surface area (Å²) >= 11 is 0. The number of phenolic OH excluding ortho intramolecular Hbond substituents is 4. The van der Waals surface area contributed by atoms with Crippen molar-refractivity contribution >= 4 is 22.7 Å². The Labute approximate surface area is 201 Å². The molecule has 0 heterocycles. The first-order chi connectivity index (χ1) is 16.6. The maximum absolute atomic E-state index is 9.93. The Morgan fingerprint density at radius 3 is 0.857 bits per heavy atom. The molecule has 0 spiro atoms. The molecular weight excluding hydrogens is 448 g/mol. The molecule has 0 aliphatic carbocycles. The fourth-order valence-corrected chi connectivity index (χ4v) is 3.78. The Kier molecular flexibility index (Phi) is 6.18. The highest BCUT2D eigenvalue weighted by Crippen LogP contribution is 2.41. The summed E-state index contributed by atoms with van der Waals surface area (Å²) in [6, 6.07) is 18.8. The summed E-state index contributed by atoms with van der Waals surface area (Å²) in [6.45, 7) is 0. The van der Waals surface area contributed by atoms with Gasteiger partial charge >= 0.3 is 0 Å². The lowest BCUT2D eigenvalue weighted by Crippen LogP contribution is -2.14. The van der Waals surface area contributed by atoms with Crippen molar-refractivity contribution in [2.75, 3.05) is 22.9 Å². The molecule has 0 aliphatic heterocycles. The van der Waals surface area contributed by atoms with Gasteiger partial charge in [-0.3, -0.25) is 0 Å². The third-order valence-electron chi connectivity index (χ3n) is 5.69. The fraction of sp³-hybridized carbons (Fsp3) is 0.0769. The Balaban J connectivity index is 1.88. The van der Waals surface area contributed by atoms with Gasteiger partial charge in [0.15, 0.2) is 0 Å². The van der Waals surface area contributed by atoms with E-state index in [0.29, 0.717) is 22.3 Å². The Hall–Kier alpha value is -4.76. The molecule has 9 heteroatoms. The molecule has 12 N–H and O–H groups in total. The Morgan fingerprint density at radius 2 is 0.657 bits per heavy atom. The van der Waals surface area contributed by atoms with Crippen molar-refractivity contribution in [1.29, 1.82) is 0 Å². The Bertz CT molecular complexity index is 1180. The second kappa shape index (κ2) is 9.24. The summed E-state index contributed by atoms with van der Waals surface area (Å²) in [6.07, 6.45) is -1.54. The summed E-state index contributed by atoms with van der Waals surface area (Å²) < 4.78 is 6.63. The van der Waals surface area contributed by atoms with E-state index >= 15 is 0 Å². The van der Waals surface area contributed by atoms with Crippen LogP contribution in [0.2, 0.25) is 0 Å². The number of nitrogens with two attached hydrogens (primary N) is 4. The molecule has 0 saturated heterocycles. The lowest BCUT2D eigenvalue weighted by Gasteiger charge is -2.27. The molecule has 4 aromatic rings. The zero-order chi connectivity index (χ0) is 25.3. The van der Waals surface area contributed by atoms with E-state index in [1.165, 1.54) is 24.3 Å². The lowest BCUT2D eigenvalue weighted by molar-refractivity contribution is 0.0309. The maximum Gasteiger partial charge on any atom is 0.138 e. The first kappa shape index (κ1) is 23.4. The van der Waals surface area contributed by atoms with E-state index < -0.39 is 12.2 Å². The van der Waals surface area contributed by atoms with Crippen LogP contribution in [-0.2, 0) is 4.74 Å². The SMILES string of the molecule is Nc1cc(C(OC(c2ccc(O)c(N)c2)c2ccc(O)c(N)c2)c2ccc(O)c(N)c2)ccc1O. The van der Waals surface area contributed by atoms with Gasteiger partial charge in [-0.05, 0) is 70.8 Å². The standard InChI is InChI=1S/C26H26N4O5/c27-17-9-13(1-5-21(17)31)25(14-2-6-22(32)18(28)10-14)35-26(15-3-7-23(33)19(29)11-15)16-4-8-24(34)20(30)12-16/h1-12,25-26,31-34H,27-30H2. The van der Waals surface area contributed by atoms with E-state index in [1.54, 1.807) is 48.5 Å². The highest BCUT2D eigenvalue weighted by molar-refractivity contribution is 5.59. The minimum Gasteiger partial charge on any atom is -0.506 e. The highest BCUT2D eigenvalue weighted by Gasteiger charge is 2.25. The second-order valence-corrected chi connectivity index (χ2v) is 8.17. The number of anilines is 4. The van der Waals surface area contributed by atoms with Gasteiger partial charge in [0.2, 0.25) is 0 Å². The Morgan fingerprint density at radius 1 is 0.429 bits per heavy atom. The van der Waals surface area contributed by atoms with Gasteiger partial charge in [-0.15, -0.1) is 0 Å². The lowest BCUT2D eigenvalue weighted by atomic mass is 9.96. The predicted octanol–water partition coefficient (Wildman–Crippen LogP) is 3.73. The van der Waals surface area contributed by atoms with Gasteiger partial charge in [0, 0.05) is 0 Å². The molecule has 4 aromatic carbocycles. The van der Waals surface area contributed by atoms with Crippen LogP contribution in [0.3, 0.4) is 0 Å². The molecule has 0 unspecified atom stereocenters. The molecule has 9 nitrogen and oxygen atoms in total. The average molecular weight is 475 g/mol. The van der Waals surface area contributed by atoms with E-state index in [9.17, 15) is 20.4 Å². The van der Waals surface area contributed by atoms with Crippen LogP contribution < -0.4 is 22.9 Å². The number of ether oxygens (including phenoxy) is 1. The monoisotopic (exact) mass is 474 g/mol. The van der Waals surface area contributed by atoms with Gasteiger partial charge in [0.05, 0.1) is 22.7 Å². The van der Waals surface area contributed by atoms with Crippen LogP contribution in [0.4, 0.5) is 22.7 Å². The summed E-state index contributed by atoms with van der Waals surface area (Å²) in [5.41, 5.74) is 26.9. The third kappa shape index (κ3) is 4.80. The number of rotatable bonds is 6.